The number of halogens is 2. The minimum atomic E-state index is -0.494. The van der Waals surface area contributed by atoms with Crippen molar-refractivity contribution in [2.75, 3.05) is 32.8 Å². The van der Waals surface area contributed by atoms with Crippen molar-refractivity contribution in [2.24, 2.45) is 0 Å². The van der Waals surface area contributed by atoms with Crippen molar-refractivity contribution in [1.29, 1.82) is 0 Å². The SMILES string of the molecule is Fc1cc2c(c(F)c1CN1CCNCC1)CCO2. The van der Waals surface area contributed by atoms with Crippen LogP contribution in [0.3, 0.4) is 0 Å². The molecule has 0 aromatic heterocycles. The Kier molecular flexibility index (Phi) is 3.18. The predicted octanol–water partition coefficient (Wildman–Crippen LogP) is 1.30. The molecule has 2 heterocycles. The Labute approximate surface area is 105 Å². The highest BCUT2D eigenvalue weighted by molar-refractivity contribution is 5.42. The summed E-state index contributed by atoms with van der Waals surface area (Å²) in [6.07, 6.45) is 0.538. The summed E-state index contributed by atoms with van der Waals surface area (Å²) in [7, 11) is 0. The fourth-order valence-electron chi connectivity index (χ4n) is 2.55. The number of ether oxygens (including phenoxy) is 1. The van der Waals surface area contributed by atoms with Crippen molar-refractivity contribution < 1.29 is 13.5 Å². The van der Waals surface area contributed by atoms with Gasteiger partial charge >= 0.3 is 0 Å². The average Bonchev–Trinajstić information content (AvgIpc) is 2.84. The molecule has 1 fully saturated rings. The van der Waals surface area contributed by atoms with Crippen molar-refractivity contribution in [2.45, 2.75) is 13.0 Å². The van der Waals surface area contributed by atoms with Gasteiger partial charge in [-0.1, -0.05) is 0 Å². The van der Waals surface area contributed by atoms with Crippen LogP contribution in [0.15, 0.2) is 6.07 Å². The monoisotopic (exact) mass is 254 g/mol. The topological polar surface area (TPSA) is 24.5 Å². The molecule has 0 aliphatic carbocycles. The largest absolute Gasteiger partial charge is 0.493 e. The van der Waals surface area contributed by atoms with Gasteiger partial charge in [0.05, 0.1) is 6.61 Å². The van der Waals surface area contributed by atoms with Crippen LogP contribution in [-0.4, -0.2) is 37.7 Å². The molecule has 0 saturated carbocycles. The normalized spacial score (nSPS) is 19.7. The first kappa shape index (κ1) is 11.9. The lowest BCUT2D eigenvalue weighted by Gasteiger charge is -2.27. The van der Waals surface area contributed by atoms with E-state index in [2.05, 4.69) is 10.2 Å². The van der Waals surface area contributed by atoms with E-state index in [9.17, 15) is 8.78 Å². The van der Waals surface area contributed by atoms with Crippen LogP contribution in [0.2, 0.25) is 0 Å². The lowest BCUT2D eigenvalue weighted by Crippen LogP contribution is -2.43. The molecule has 18 heavy (non-hydrogen) atoms. The molecule has 0 spiro atoms. The zero-order chi connectivity index (χ0) is 12.5. The maximum absolute atomic E-state index is 14.2. The van der Waals surface area contributed by atoms with Crippen molar-refractivity contribution in [3.05, 3.63) is 28.8 Å². The molecule has 0 atom stereocenters. The molecule has 3 rings (SSSR count). The molecule has 2 aliphatic heterocycles. The number of hydrogen-bond donors (Lipinski definition) is 1. The van der Waals surface area contributed by atoms with Gasteiger partial charge in [0, 0.05) is 56.3 Å². The zero-order valence-corrected chi connectivity index (χ0v) is 10.1. The lowest BCUT2D eigenvalue weighted by molar-refractivity contribution is 0.227. The molecule has 1 aromatic carbocycles. The maximum Gasteiger partial charge on any atom is 0.137 e. The molecular weight excluding hydrogens is 238 g/mol. The summed E-state index contributed by atoms with van der Waals surface area (Å²) < 4.78 is 33.3. The number of piperazine rings is 1. The van der Waals surface area contributed by atoms with Crippen LogP contribution >= 0.6 is 0 Å². The molecule has 2 aliphatic rings. The fourth-order valence-corrected chi connectivity index (χ4v) is 2.55. The minimum Gasteiger partial charge on any atom is -0.493 e. The quantitative estimate of drug-likeness (QED) is 0.861. The average molecular weight is 254 g/mol. The standard InChI is InChI=1S/C13H16F2N2O/c14-11-7-12-9(1-6-18-12)13(15)10(11)8-17-4-2-16-3-5-17/h7,16H,1-6,8H2. The molecule has 0 amide bonds. The van der Waals surface area contributed by atoms with Gasteiger partial charge in [0.25, 0.3) is 0 Å². The summed E-state index contributed by atoms with van der Waals surface area (Å²) in [5.41, 5.74) is 0.711. The molecule has 98 valence electrons. The summed E-state index contributed by atoms with van der Waals surface area (Å²) >= 11 is 0. The molecule has 1 aromatic rings. The summed E-state index contributed by atoms with van der Waals surface area (Å²) in [6, 6.07) is 1.32. The molecule has 0 bridgehead atoms. The van der Waals surface area contributed by atoms with Crippen LogP contribution in [0, 0.1) is 11.6 Å². The lowest BCUT2D eigenvalue weighted by atomic mass is 10.1. The molecule has 0 unspecified atom stereocenters. The summed E-state index contributed by atoms with van der Waals surface area (Å²) in [5.74, 6) is -0.540. The third-order valence-electron chi connectivity index (χ3n) is 3.57. The molecule has 5 heteroatoms. The second-order valence-electron chi connectivity index (χ2n) is 4.75. The molecular formula is C13H16F2N2O. The Morgan fingerprint density at radius 3 is 2.83 bits per heavy atom. The second-order valence-corrected chi connectivity index (χ2v) is 4.75. The van der Waals surface area contributed by atoms with Crippen LogP contribution in [-0.2, 0) is 13.0 Å². The van der Waals surface area contributed by atoms with E-state index in [1.807, 2.05) is 0 Å². The van der Waals surface area contributed by atoms with E-state index >= 15 is 0 Å². The van der Waals surface area contributed by atoms with Crippen LogP contribution < -0.4 is 10.1 Å². The number of nitrogens with zero attached hydrogens (tertiary/aromatic N) is 1. The third-order valence-corrected chi connectivity index (χ3v) is 3.57. The highest BCUT2D eigenvalue weighted by Gasteiger charge is 2.24. The predicted molar refractivity (Wildman–Crippen MR) is 63.7 cm³/mol. The van der Waals surface area contributed by atoms with E-state index in [1.165, 1.54) is 6.07 Å². The van der Waals surface area contributed by atoms with Gasteiger partial charge in [-0.3, -0.25) is 4.90 Å². The summed E-state index contributed by atoms with van der Waals surface area (Å²) in [4.78, 5) is 2.07. The highest BCUT2D eigenvalue weighted by Crippen LogP contribution is 2.32. The van der Waals surface area contributed by atoms with Gasteiger partial charge < -0.3 is 10.1 Å². The number of rotatable bonds is 2. The number of benzene rings is 1. The fraction of sp³-hybridized carbons (Fsp3) is 0.538. The first-order chi connectivity index (χ1) is 8.75. The van der Waals surface area contributed by atoms with Gasteiger partial charge in [0.1, 0.15) is 17.4 Å². The first-order valence-corrected chi connectivity index (χ1v) is 6.31. The summed E-state index contributed by atoms with van der Waals surface area (Å²) in [6.45, 7) is 4.18. The first-order valence-electron chi connectivity index (χ1n) is 6.31. The minimum absolute atomic E-state index is 0.182. The van der Waals surface area contributed by atoms with Gasteiger partial charge in [-0.15, -0.1) is 0 Å². The van der Waals surface area contributed by atoms with Crippen molar-refractivity contribution in [3.8, 4) is 5.75 Å². The molecule has 3 nitrogen and oxygen atoms in total. The van der Waals surface area contributed by atoms with E-state index in [-0.39, 0.29) is 5.56 Å². The van der Waals surface area contributed by atoms with E-state index in [1.54, 1.807) is 0 Å². The van der Waals surface area contributed by atoms with Crippen molar-refractivity contribution >= 4 is 0 Å². The van der Waals surface area contributed by atoms with Gasteiger partial charge in [-0.05, 0) is 0 Å². The Balaban J connectivity index is 1.87. The van der Waals surface area contributed by atoms with E-state index in [4.69, 9.17) is 4.74 Å². The van der Waals surface area contributed by atoms with Crippen LogP contribution in [0.1, 0.15) is 11.1 Å². The van der Waals surface area contributed by atoms with Gasteiger partial charge in [-0.25, -0.2) is 8.78 Å². The molecule has 1 saturated heterocycles. The van der Waals surface area contributed by atoms with Crippen molar-refractivity contribution in [3.63, 3.8) is 0 Å². The third kappa shape index (κ3) is 2.08. The van der Waals surface area contributed by atoms with Gasteiger partial charge in [0.2, 0.25) is 0 Å². The maximum atomic E-state index is 14.2. The second kappa shape index (κ2) is 4.82. The summed E-state index contributed by atoms with van der Waals surface area (Å²) in [5, 5.41) is 3.22. The smallest absolute Gasteiger partial charge is 0.137 e. The van der Waals surface area contributed by atoms with E-state index in [0.717, 1.165) is 26.2 Å². The van der Waals surface area contributed by atoms with Gasteiger partial charge in [-0.2, -0.15) is 0 Å². The number of fused-ring (bicyclic) bond motifs is 1. The molecule has 0 radical (unpaired) electrons. The Morgan fingerprint density at radius 1 is 1.28 bits per heavy atom. The Hall–Kier alpha value is -1.20. The number of hydrogen-bond acceptors (Lipinski definition) is 3. The van der Waals surface area contributed by atoms with Gasteiger partial charge in [0.15, 0.2) is 0 Å². The Morgan fingerprint density at radius 2 is 2.06 bits per heavy atom. The number of nitrogens with one attached hydrogen (secondary N) is 1. The Bertz CT molecular complexity index is 459. The van der Waals surface area contributed by atoms with Crippen LogP contribution in [0.4, 0.5) is 8.78 Å². The zero-order valence-electron chi connectivity index (χ0n) is 10.1. The van der Waals surface area contributed by atoms with E-state index in [0.29, 0.717) is 30.9 Å². The van der Waals surface area contributed by atoms with Crippen LogP contribution in [0.5, 0.6) is 5.75 Å². The van der Waals surface area contributed by atoms with Crippen molar-refractivity contribution in [1.82, 2.24) is 10.2 Å². The highest BCUT2D eigenvalue weighted by atomic mass is 19.1. The molecule has 1 N–H and O–H groups in total. The van der Waals surface area contributed by atoms with E-state index < -0.39 is 11.6 Å². The van der Waals surface area contributed by atoms with Crippen LogP contribution in [0.25, 0.3) is 0 Å².